The summed E-state index contributed by atoms with van der Waals surface area (Å²) >= 11 is 0.391. The number of aryl methyl sites for hydroxylation is 1. The first kappa shape index (κ1) is 10.6. The van der Waals surface area contributed by atoms with E-state index in [1.54, 1.807) is 0 Å². The summed E-state index contributed by atoms with van der Waals surface area (Å²) < 4.78 is 5.10. The summed E-state index contributed by atoms with van der Waals surface area (Å²) in [7, 11) is 2.12. The molecular weight excluding hydrogens is 273 g/mol. The summed E-state index contributed by atoms with van der Waals surface area (Å²) in [5.74, 6) is 0. The zero-order valence-electron chi connectivity index (χ0n) is 9.63. The molecule has 2 heteroatoms. The molecule has 1 nitrogen and oxygen atoms in total. The summed E-state index contributed by atoms with van der Waals surface area (Å²) in [6.07, 6.45) is 2.26. The van der Waals surface area contributed by atoms with Crippen LogP contribution in [0.4, 0.5) is 0 Å². The summed E-state index contributed by atoms with van der Waals surface area (Å²) in [4.78, 5) is 0. The number of para-hydroxylation sites is 1. The van der Waals surface area contributed by atoms with Crippen LogP contribution in [0.25, 0.3) is 10.9 Å². The van der Waals surface area contributed by atoms with Crippen molar-refractivity contribution in [1.82, 2.24) is 4.57 Å². The van der Waals surface area contributed by atoms with Gasteiger partial charge in [0.1, 0.15) is 0 Å². The predicted octanol–water partition coefficient (Wildman–Crippen LogP) is 1.83. The first-order chi connectivity index (χ1) is 8.34. The number of hydrogen-bond acceptors (Lipinski definition) is 0. The van der Waals surface area contributed by atoms with E-state index >= 15 is 0 Å². The zero-order chi connectivity index (χ0) is 11.7. The van der Waals surface area contributed by atoms with E-state index in [9.17, 15) is 0 Å². The molecule has 0 aliphatic carbocycles. The maximum atomic E-state index is 2.26. The predicted molar refractivity (Wildman–Crippen MR) is 74.4 cm³/mol. The Morgan fingerprint density at radius 3 is 2.41 bits per heavy atom. The van der Waals surface area contributed by atoms with E-state index in [2.05, 4.69) is 72.4 Å². The van der Waals surface area contributed by atoms with E-state index in [-0.39, 0.29) is 0 Å². The van der Waals surface area contributed by atoms with E-state index in [0.29, 0.717) is 15.0 Å². The van der Waals surface area contributed by atoms with E-state index < -0.39 is 0 Å². The number of fused-ring (bicyclic) bond motifs is 1. The zero-order valence-corrected chi connectivity index (χ0v) is 11.3. The normalized spacial score (nSPS) is 10.9. The van der Waals surface area contributed by atoms with Gasteiger partial charge in [-0.15, -0.1) is 0 Å². The molecule has 3 rings (SSSR count). The van der Waals surface area contributed by atoms with Crippen LogP contribution in [0.5, 0.6) is 0 Å². The van der Waals surface area contributed by atoms with Crippen LogP contribution in [0.2, 0.25) is 0 Å². The van der Waals surface area contributed by atoms with Crippen LogP contribution in [0, 0.1) is 0 Å². The second-order valence-corrected chi connectivity index (χ2v) is 6.38. The molecule has 0 radical (unpaired) electrons. The van der Waals surface area contributed by atoms with Crippen LogP contribution in [-0.4, -0.2) is 19.5 Å². The van der Waals surface area contributed by atoms with Crippen molar-refractivity contribution in [2.24, 2.45) is 7.05 Å². The SMILES string of the molecule is Cn1cc([Se]c2ccccc2)c2ccccc21. The summed E-state index contributed by atoms with van der Waals surface area (Å²) in [6, 6.07) is 19.3. The molecule has 0 bridgehead atoms. The van der Waals surface area contributed by atoms with Gasteiger partial charge in [0, 0.05) is 0 Å². The van der Waals surface area contributed by atoms with Crippen LogP contribution in [0.3, 0.4) is 0 Å². The summed E-state index contributed by atoms with van der Waals surface area (Å²) in [5, 5.41) is 1.39. The van der Waals surface area contributed by atoms with Crippen LogP contribution in [-0.2, 0) is 7.05 Å². The standard InChI is InChI=1S/C15H13NSe/c1-16-11-15(13-9-5-6-10-14(13)16)17-12-7-3-2-4-8-12/h2-11H,1H3. The second-order valence-electron chi connectivity index (χ2n) is 4.04. The van der Waals surface area contributed by atoms with Gasteiger partial charge in [0.15, 0.2) is 0 Å². The van der Waals surface area contributed by atoms with Gasteiger partial charge in [0.05, 0.1) is 0 Å². The molecule has 17 heavy (non-hydrogen) atoms. The molecule has 0 amide bonds. The molecule has 84 valence electrons. The Kier molecular flexibility index (Phi) is 2.76. The minimum absolute atomic E-state index is 0.391. The number of benzene rings is 2. The Bertz CT molecular complexity index is 640. The van der Waals surface area contributed by atoms with Crippen LogP contribution in [0.1, 0.15) is 0 Å². The van der Waals surface area contributed by atoms with Crippen molar-refractivity contribution in [3.8, 4) is 0 Å². The summed E-state index contributed by atoms with van der Waals surface area (Å²) in [5.41, 5.74) is 1.32. The second kappa shape index (κ2) is 4.40. The molecule has 0 aliphatic heterocycles. The van der Waals surface area contributed by atoms with Gasteiger partial charge < -0.3 is 0 Å². The Labute approximate surface area is 107 Å². The molecule has 0 N–H and O–H groups in total. The van der Waals surface area contributed by atoms with E-state index in [1.807, 2.05) is 0 Å². The molecule has 0 spiro atoms. The van der Waals surface area contributed by atoms with E-state index in [4.69, 9.17) is 0 Å². The Morgan fingerprint density at radius 2 is 1.59 bits per heavy atom. The van der Waals surface area contributed by atoms with Gasteiger partial charge in [-0.05, 0) is 0 Å². The first-order valence-electron chi connectivity index (χ1n) is 5.61. The Hall–Kier alpha value is -1.50. The van der Waals surface area contributed by atoms with Crippen molar-refractivity contribution in [2.75, 3.05) is 0 Å². The molecular formula is C15H13NSe. The van der Waals surface area contributed by atoms with Gasteiger partial charge in [0.2, 0.25) is 0 Å². The molecule has 0 saturated heterocycles. The van der Waals surface area contributed by atoms with Crippen LogP contribution in [0.15, 0.2) is 60.8 Å². The maximum absolute atomic E-state index is 2.26. The van der Waals surface area contributed by atoms with Gasteiger partial charge in [0.25, 0.3) is 0 Å². The van der Waals surface area contributed by atoms with Crippen molar-refractivity contribution in [3.05, 3.63) is 60.8 Å². The van der Waals surface area contributed by atoms with Crippen LogP contribution >= 0.6 is 0 Å². The number of rotatable bonds is 2. The van der Waals surface area contributed by atoms with Crippen molar-refractivity contribution in [2.45, 2.75) is 0 Å². The average molecular weight is 286 g/mol. The number of hydrogen-bond donors (Lipinski definition) is 0. The van der Waals surface area contributed by atoms with Crippen molar-refractivity contribution >= 4 is 34.8 Å². The van der Waals surface area contributed by atoms with Gasteiger partial charge in [-0.2, -0.15) is 0 Å². The van der Waals surface area contributed by atoms with Gasteiger partial charge in [-0.3, -0.25) is 0 Å². The molecule has 3 aromatic rings. The third-order valence-corrected chi connectivity index (χ3v) is 5.04. The van der Waals surface area contributed by atoms with E-state index in [1.165, 1.54) is 19.8 Å². The topological polar surface area (TPSA) is 4.93 Å². The quantitative estimate of drug-likeness (QED) is 0.633. The van der Waals surface area contributed by atoms with Crippen molar-refractivity contribution < 1.29 is 0 Å². The molecule has 0 atom stereocenters. The van der Waals surface area contributed by atoms with Gasteiger partial charge >= 0.3 is 107 Å². The van der Waals surface area contributed by atoms with Crippen molar-refractivity contribution in [3.63, 3.8) is 0 Å². The van der Waals surface area contributed by atoms with E-state index in [0.717, 1.165) is 0 Å². The fraction of sp³-hybridized carbons (Fsp3) is 0.0667. The third kappa shape index (κ3) is 2.02. The summed E-state index contributed by atoms with van der Waals surface area (Å²) in [6.45, 7) is 0. The minimum atomic E-state index is 0.391. The van der Waals surface area contributed by atoms with Crippen LogP contribution < -0.4 is 8.92 Å². The molecule has 0 aliphatic rings. The van der Waals surface area contributed by atoms with Gasteiger partial charge in [-0.1, -0.05) is 0 Å². The first-order valence-corrected chi connectivity index (χ1v) is 7.33. The molecule has 0 unspecified atom stereocenters. The fourth-order valence-electron chi connectivity index (χ4n) is 2.00. The fourth-order valence-corrected chi connectivity index (χ4v) is 4.18. The Balaban J connectivity index is 2.07. The molecule has 0 saturated carbocycles. The number of nitrogens with zero attached hydrogens (tertiary/aromatic N) is 1. The molecule has 2 aromatic carbocycles. The molecule has 1 heterocycles. The van der Waals surface area contributed by atoms with Crippen molar-refractivity contribution in [1.29, 1.82) is 0 Å². The third-order valence-electron chi connectivity index (χ3n) is 2.83. The molecule has 1 aromatic heterocycles. The molecule has 0 fully saturated rings. The number of aromatic nitrogens is 1. The Morgan fingerprint density at radius 1 is 0.882 bits per heavy atom. The van der Waals surface area contributed by atoms with Gasteiger partial charge in [-0.25, -0.2) is 0 Å². The average Bonchev–Trinajstić information content (AvgIpc) is 2.69. The monoisotopic (exact) mass is 287 g/mol.